The molecule has 1 aliphatic carbocycles. The molecule has 1 saturated carbocycles. The van der Waals surface area contributed by atoms with E-state index in [1.165, 1.54) is 5.56 Å². The molecule has 4 aromatic rings. The summed E-state index contributed by atoms with van der Waals surface area (Å²) in [5.41, 5.74) is 5.50. The topological polar surface area (TPSA) is 96.2 Å². The van der Waals surface area contributed by atoms with Gasteiger partial charge in [0.15, 0.2) is 0 Å². The van der Waals surface area contributed by atoms with Crippen LogP contribution in [-0.2, 0) is 0 Å². The molecule has 0 unspecified atom stereocenters. The Labute approximate surface area is 239 Å². The molecule has 1 aromatic carbocycles. The Hall–Kier alpha value is -3.49. The SMILES string of the molecule is Cc1cc(C(=O)N2CCC(c3cn(C4CCC(O)CC4)c4nc(Nc5ccc(Cl)cc5)ncc34)CC2)cc(C)n1. The summed E-state index contributed by atoms with van der Waals surface area (Å²) in [5.74, 6) is 0.943. The summed E-state index contributed by atoms with van der Waals surface area (Å²) in [7, 11) is 0. The number of hydrogen-bond donors (Lipinski definition) is 2. The van der Waals surface area contributed by atoms with Gasteiger partial charge in [-0.05, 0) is 100 Å². The lowest BCUT2D eigenvalue weighted by atomic mass is 9.89. The molecule has 208 valence electrons. The zero-order chi connectivity index (χ0) is 27.8. The number of likely N-dealkylation sites (tertiary alicyclic amines) is 1. The molecule has 0 atom stereocenters. The molecule has 6 rings (SSSR count). The first-order valence-electron chi connectivity index (χ1n) is 14.2. The van der Waals surface area contributed by atoms with Gasteiger partial charge in [0.2, 0.25) is 5.95 Å². The second-order valence-electron chi connectivity index (χ2n) is 11.2. The molecule has 9 heteroatoms. The van der Waals surface area contributed by atoms with Crippen LogP contribution in [0.4, 0.5) is 11.6 Å². The van der Waals surface area contributed by atoms with Crippen LogP contribution in [0.25, 0.3) is 11.0 Å². The highest BCUT2D eigenvalue weighted by Crippen LogP contribution is 2.38. The molecule has 1 amide bonds. The lowest BCUT2D eigenvalue weighted by Gasteiger charge is -2.32. The predicted octanol–water partition coefficient (Wildman–Crippen LogP) is 6.34. The number of halogens is 1. The van der Waals surface area contributed by atoms with Gasteiger partial charge in [0.1, 0.15) is 5.65 Å². The lowest BCUT2D eigenvalue weighted by Crippen LogP contribution is -2.38. The third-order valence-corrected chi connectivity index (χ3v) is 8.56. The van der Waals surface area contributed by atoms with Gasteiger partial charge in [-0.15, -0.1) is 0 Å². The number of hydrogen-bond acceptors (Lipinski definition) is 6. The molecule has 0 radical (unpaired) electrons. The number of amides is 1. The van der Waals surface area contributed by atoms with Crippen molar-refractivity contribution < 1.29 is 9.90 Å². The molecule has 1 saturated heterocycles. The van der Waals surface area contributed by atoms with Crippen molar-refractivity contribution in [1.82, 2.24) is 24.4 Å². The maximum absolute atomic E-state index is 13.2. The lowest BCUT2D eigenvalue weighted by molar-refractivity contribution is 0.0712. The van der Waals surface area contributed by atoms with Crippen LogP contribution in [0, 0.1) is 13.8 Å². The standard InChI is InChI=1S/C31H35ClN6O2/c1-19-15-22(16-20(2)34-19)30(40)37-13-11-21(12-14-37)28-18-38(25-7-9-26(39)10-8-25)29-27(28)17-33-31(36-29)35-24-5-3-23(32)4-6-24/h3-6,15-18,21,25-26,39H,7-14H2,1-2H3,(H,33,35,36). The number of benzene rings is 1. The fraction of sp³-hybridized carbons (Fsp3) is 0.419. The van der Waals surface area contributed by atoms with Crippen molar-refractivity contribution in [3.63, 3.8) is 0 Å². The van der Waals surface area contributed by atoms with Gasteiger partial charge in [-0.25, -0.2) is 4.98 Å². The van der Waals surface area contributed by atoms with E-state index in [9.17, 15) is 9.90 Å². The van der Waals surface area contributed by atoms with E-state index >= 15 is 0 Å². The Bertz CT molecular complexity index is 1500. The Morgan fingerprint density at radius 2 is 1.65 bits per heavy atom. The largest absolute Gasteiger partial charge is 0.393 e. The first kappa shape index (κ1) is 26.7. The summed E-state index contributed by atoms with van der Waals surface area (Å²) >= 11 is 6.05. The number of anilines is 2. The van der Waals surface area contributed by atoms with Crippen LogP contribution in [0.1, 0.15) is 77.8 Å². The maximum atomic E-state index is 13.2. The van der Waals surface area contributed by atoms with Crippen molar-refractivity contribution in [1.29, 1.82) is 0 Å². The number of piperidine rings is 1. The number of nitrogens with zero attached hydrogens (tertiary/aromatic N) is 5. The van der Waals surface area contributed by atoms with Gasteiger partial charge < -0.3 is 19.9 Å². The van der Waals surface area contributed by atoms with Crippen LogP contribution in [0.5, 0.6) is 0 Å². The number of carbonyl (C=O) groups excluding carboxylic acids is 1. The summed E-state index contributed by atoms with van der Waals surface area (Å²) < 4.78 is 2.31. The third kappa shape index (κ3) is 5.56. The predicted molar refractivity (Wildman–Crippen MR) is 157 cm³/mol. The maximum Gasteiger partial charge on any atom is 0.253 e. The van der Waals surface area contributed by atoms with E-state index in [0.29, 0.717) is 35.5 Å². The van der Waals surface area contributed by atoms with Crippen LogP contribution in [0.2, 0.25) is 5.02 Å². The second-order valence-corrected chi connectivity index (χ2v) is 11.7. The van der Waals surface area contributed by atoms with Gasteiger partial charge in [0, 0.05) is 64.6 Å². The molecular weight excluding hydrogens is 524 g/mol. The van der Waals surface area contributed by atoms with Crippen molar-refractivity contribution >= 4 is 40.2 Å². The van der Waals surface area contributed by atoms with Gasteiger partial charge in [0.05, 0.1) is 6.10 Å². The van der Waals surface area contributed by atoms with Gasteiger partial charge in [-0.1, -0.05) is 11.6 Å². The Balaban J connectivity index is 1.26. The van der Waals surface area contributed by atoms with Crippen molar-refractivity contribution in [3.05, 3.63) is 76.3 Å². The zero-order valence-corrected chi connectivity index (χ0v) is 23.7. The normalized spacial score (nSPS) is 20.1. The van der Waals surface area contributed by atoms with Crippen LogP contribution in [0.3, 0.4) is 0 Å². The highest BCUT2D eigenvalue weighted by atomic mass is 35.5. The average molecular weight is 559 g/mol. The highest BCUT2D eigenvalue weighted by Gasteiger charge is 2.30. The van der Waals surface area contributed by atoms with E-state index in [4.69, 9.17) is 16.6 Å². The summed E-state index contributed by atoms with van der Waals surface area (Å²) in [6, 6.07) is 11.5. The van der Waals surface area contributed by atoms with Gasteiger partial charge in [-0.2, -0.15) is 4.98 Å². The number of aliphatic hydroxyl groups is 1. The van der Waals surface area contributed by atoms with Crippen molar-refractivity contribution in [2.45, 2.75) is 70.4 Å². The number of carbonyl (C=O) groups is 1. The molecule has 4 heterocycles. The number of aromatic nitrogens is 4. The summed E-state index contributed by atoms with van der Waals surface area (Å²) in [4.78, 5) is 29.3. The fourth-order valence-corrected chi connectivity index (χ4v) is 6.38. The Morgan fingerprint density at radius 3 is 2.33 bits per heavy atom. The van der Waals surface area contributed by atoms with Crippen LogP contribution >= 0.6 is 11.6 Å². The minimum atomic E-state index is -0.218. The summed E-state index contributed by atoms with van der Waals surface area (Å²) in [6.45, 7) is 5.28. The van der Waals surface area contributed by atoms with Crippen molar-refractivity contribution in [2.24, 2.45) is 0 Å². The fourth-order valence-electron chi connectivity index (χ4n) is 6.25. The van der Waals surface area contributed by atoms with E-state index in [1.54, 1.807) is 0 Å². The quantitative estimate of drug-likeness (QED) is 0.297. The molecule has 0 spiro atoms. The molecular formula is C31H35ClN6O2. The van der Waals surface area contributed by atoms with Crippen LogP contribution in [0.15, 0.2) is 48.8 Å². The van der Waals surface area contributed by atoms with Gasteiger partial charge in [-0.3, -0.25) is 9.78 Å². The molecule has 0 bridgehead atoms. The molecule has 2 N–H and O–H groups in total. The Kier molecular flexibility index (Phi) is 7.47. The van der Waals surface area contributed by atoms with Crippen molar-refractivity contribution in [2.75, 3.05) is 18.4 Å². The van der Waals surface area contributed by atoms with Crippen molar-refractivity contribution in [3.8, 4) is 0 Å². The summed E-state index contributed by atoms with van der Waals surface area (Å²) in [6.07, 6.45) is 9.21. The first-order chi connectivity index (χ1) is 19.3. The number of rotatable bonds is 5. The molecule has 1 aliphatic heterocycles. The highest BCUT2D eigenvalue weighted by molar-refractivity contribution is 6.30. The van der Waals surface area contributed by atoms with E-state index in [1.807, 2.05) is 61.3 Å². The summed E-state index contributed by atoms with van der Waals surface area (Å²) in [5, 5.41) is 15.2. The van der Waals surface area contributed by atoms with Gasteiger partial charge in [0.25, 0.3) is 5.91 Å². The minimum absolute atomic E-state index is 0.0801. The smallest absolute Gasteiger partial charge is 0.253 e. The number of aliphatic hydroxyl groups excluding tert-OH is 1. The first-order valence-corrected chi connectivity index (χ1v) is 14.5. The number of pyridine rings is 1. The molecule has 3 aromatic heterocycles. The van der Waals surface area contributed by atoms with E-state index in [0.717, 1.165) is 66.6 Å². The number of nitrogens with one attached hydrogen (secondary N) is 1. The number of fused-ring (bicyclic) bond motifs is 1. The molecule has 2 aliphatic rings. The van der Waals surface area contributed by atoms with Crippen LogP contribution in [-0.4, -0.2) is 54.6 Å². The second kappa shape index (κ2) is 11.2. The molecule has 8 nitrogen and oxygen atoms in total. The Morgan fingerprint density at radius 1 is 0.975 bits per heavy atom. The zero-order valence-electron chi connectivity index (χ0n) is 23.0. The van der Waals surface area contributed by atoms with Gasteiger partial charge >= 0.3 is 0 Å². The average Bonchev–Trinajstić information content (AvgIpc) is 3.33. The van der Waals surface area contributed by atoms with Crippen LogP contribution < -0.4 is 5.32 Å². The molecule has 40 heavy (non-hydrogen) atoms. The van der Waals surface area contributed by atoms with E-state index < -0.39 is 0 Å². The number of aryl methyl sites for hydroxylation is 2. The third-order valence-electron chi connectivity index (χ3n) is 8.31. The minimum Gasteiger partial charge on any atom is -0.393 e. The monoisotopic (exact) mass is 558 g/mol. The molecule has 2 fully saturated rings. The van der Waals surface area contributed by atoms with E-state index in [2.05, 4.69) is 26.0 Å². The van der Waals surface area contributed by atoms with E-state index in [-0.39, 0.29) is 18.1 Å².